The summed E-state index contributed by atoms with van der Waals surface area (Å²) in [5, 5.41) is 2.58. The number of rotatable bonds is 4. The number of hydrogen-bond donors (Lipinski definition) is 2. The molecule has 2 aromatic carbocycles. The second-order valence-electron chi connectivity index (χ2n) is 4.66. The van der Waals surface area contributed by atoms with Crippen molar-refractivity contribution in [3.05, 3.63) is 59.7 Å². The summed E-state index contributed by atoms with van der Waals surface area (Å²) in [7, 11) is -3.51. The molecule has 0 aliphatic heterocycles. The number of hydrogen-bond acceptors (Lipinski definition) is 4. The van der Waals surface area contributed by atoms with Gasteiger partial charge in [0.2, 0.25) is 5.91 Å². The fourth-order valence-corrected chi connectivity index (χ4v) is 2.78. The summed E-state index contributed by atoms with van der Waals surface area (Å²) in [4.78, 5) is 23.2. The summed E-state index contributed by atoms with van der Waals surface area (Å²) in [5.74, 6) is -1.12. The van der Waals surface area contributed by atoms with Crippen LogP contribution >= 0.6 is 0 Å². The minimum Gasteiger partial charge on any atom is -0.366 e. The van der Waals surface area contributed by atoms with Crippen LogP contribution in [0.25, 0.3) is 0 Å². The van der Waals surface area contributed by atoms with Crippen LogP contribution in [-0.2, 0) is 9.84 Å². The Hall–Kier alpha value is -2.67. The number of amides is 2. The maximum atomic E-state index is 12.2. The molecular formula is C15H14N2O4S. The Kier molecular flexibility index (Phi) is 4.27. The monoisotopic (exact) mass is 318 g/mol. The highest BCUT2D eigenvalue weighted by molar-refractivity contribution is 7.90. The van der Waals surface area contributed by atoms with E-state index in [4.69, 9.17) is 5.73 Å². The van der Waals surface area contributed by atoms with Crippen molar-refractivity contribution in [2.45, 2.75) is 4.90 Å². The molecular weight excluding hydrogens is 304 g/mol. The molecule has 114 valence electrons. The van der Waals surface area contributed by atoms with Crippen molar-refractivity contribution >= 4 is 27.3 Å². The van der Waals surface area contributed by atoms with Gasteiger partial charge in [0.05, 0.1) is 10.5 Å². The molecule has 0 radical (unpaired) electrons. The minimum absolute atomic E-state index is 0.0405. The van der Waals surface area contributed by atoms with E-state index >= 15 is 0 Å². The summed E-state index contributed by atoms with van der Waals surface area (Å²) >= 11 is 0. The van der Waals surface area contributed by atoms with E-state index < -0.39 is 21.7 Å². The van der Waals surface area contributed by atoms with Crippen LogP contribution in [0.1, 0.15) is 20.7 Å². The molecule has 0 aliphatic carbocycles. The molecule has 0 saturated carbocycles. The Morgan fingerprint density at radius 3 is 2.14 bits per heavy atom. The Balaban J connectivity index is 2.28. The van der Waals surface area contributed by atoms with Crippen molar-refractivity contribution in [3.8, 4) is 0 Å². The van der Waals surface area contributed by atoms with E-state index in [1.165, 1.54) is 36.4 Å². The molecule has 2 aromatic rings. The fourth-order valence-electron chi connectivity index (χ4n) is 1.89. The molecule has 0 aliphatic rings. The van der Waals surface area contributed by atoms with E-state index in [-0.39, 0.29) is 10.5 Å². The number of carbonyl (C=O) groups excluding carboxylic acids is 2. The van der Waals surface area contributed by atoms with Crippen LogP contribution in [0, 0.1) is 0 Å². The van der Waals surface area contributed by atoms with Gasteiger partial charge in [-0.15, -0.1) is 0 Å². The van der Waals surface area contributed by atoms with Crippen molar-refractivity contribution in [3.63, 3.8) is 0 Å². The molecule has 7 heteroatoms. The number of nitrogens with two attached hydrogens (primary N) is 1. The molecule has 0 bridgehead atoms. The molecule has 0 unspecified atom stereocenters. The van der Waals surface area contributed by atoms with Gasteiger partial charge in [-0.3, -0.25) is 9.59 Å². The predicted octanol–water partition coefficient (Wildman–Crippen LogP) is 1.44. The van der Waals surface area contributed by atoms with Crippen molar-refractivity contribution < 1.29 is 18.0 Å². The zero-order valence-electron chi connectivity index (χ0n) is 11.7. The number of carbonyl (C=O) groups is 2. The van der Waals surface area contributed by atoms with Crippen LogP contribution in [0.3, 0.4) is 0 Å². The van der Waals surface area contributed by atoms with Gasteiger partial charge in [0.25, 0.3) is 5.91 Å². The SMILES string of the molecule is CS(=O)(=O)c1ccccc1C(=O)Nc1ccc(C(N)=O)cc1. The lowest BCUT2D eigenvalue weighted by atomic mass is 10.1. The van der Waals surface area contributed by atoms with Gasteiger partial charge >= 0.3 is 0 Å². The van der Waals surface area contributed by atoms with Crippen LogP contribution < -0.4 is 11.1 Å². The normalized spacial score (nSPS) is 11.0. The summed E-state index contributed by atoms with van der Waals surface area (Å²) in [5.41, 5.74) is 5.93. The molecule has 0 saturated heterocycles. The largest absolute Gasteiger partial charge is 0.366 e. The fraction of sp³-hybridized carbons (Fsp3) is 0.0667. The molecule has 2 rings (SSSR count). The highest BCUT2D eigenvalue weighted by atomic mass is 32.2. The number of primary amides is 1. The van der Waals surface area contributed by atoms with Gasteiger partial charge in [-0.25, -0.2) is 8.42 Å². The van der Waals surface area contributed by atoms with Crippen LogP contribution in [0.4, 0.5) is 5.69 Å². The lowest BCUT2D eigenvalue weighted by Crippen LogP contribution is -2.16. The first kappa shape index (κ1) is 15.7. The van der Waals surface area contributed by atoms with E-state index in [2.05, 4.69) is 5.32 Å². The van der Waals surface area contributed by atoms with Crippen LogP contribution in [0.5, 0.6) is 0 Å². The molecule has 0 aromatic heterocycles. The molecule has 0 spiro atoms. The average Bonchev–Trinajstić information content (AvgIpc) is 2.47. The lowest BCUT2D eigenvalue weighted by molar-refractivity contribution is 0.0998. The van der Waals surface area contributed by atoms with E-state index in [0.29, 0.717) is 11.3 Å². The van der Waals surface area contributed by atoms with E-state index in [1.807, 2.05) is 0 Å². The van der Waals surface area contributed by atoms with E-state index in [1.54, 1.807) is 12.1 Å². The Bertz CT molecular complexity index is 827. The number of benzene rings is 2. The zero-order valence-corrected chi connectivity index (χ0v) is 12.6. The van der Waals surface area contributed by atoms with Gasteiger partial charge in [0, 0.05) is 17.5 Å². The van der Waals surface area contributed by atoms with Gasteiger partial charge in [-0.1, -0.05) is 12.1 Å². The first-order valence-electron chi connectivity index (χ1n) is 6.29. The standard InChI is InChI=1S/C15H14N2O4S/c1-22(20,21)13-5-3-2-4-12(13)15(19)17-11-8-6-10(7-9-11)14(16)18/h2-9H,1H3,(H2,16,18)(H,17,19). The molecule has 2 amide bonds. The maximum absolute atomic E-state index is 12.2. The summed E-state index contributed by atoms with van der Waals surface area (Å²) < 4.78 is 23.4. The van der Waals surface area contributed by atoms with Gasteiger partial charge in [0.15, 0.2) is 9.84 Å². The number of nitrogens with one attached hydrogen (secondary N) is 1. The van der Waals surface area contributed by atoms with Crippen LogP contribution in [0.15, 0.2) is 53.4 Å². The van der Waals surface area contributed by atoms with Crippen molar-refractivity contribution in [2.75, 3.05) is 11.6 Å². The number of sulfone groups is 1. The first-order chi connectivity index (χ1) is 10.3. The third-order valence-electron chi connectivity index (χ3n) is 2.96. The predicted molar refractivity (Wildman–Crippen MR) is 82.5 cm³/mol. The average molecular weight is 318 g/mol. The number of anilines is 1. The third kappa shape index (κ3) is 3.50. The molecule has 0 atom stereocenters. The van der Waals surface area contributed by atoms with Gasteiger partial charge in [0.1, 0.15) is 0 Å². The van der Waals surface area contributed by atoms with Gasteiger partial charge in [-0.2, -0.15) is 0 Å². The molecule has 22 heavy (non-hydrogen) atoms. The van der Waals surface area contributed by atoms with Crippen molar-refractivity contribution in [1.29, 1.82) is 0 Å². The quantitative estimate of drug-likeness (QED) is 0.889. The second-order valence-corrected chi connectivity index (χ2v) is 6.65. The summed E-state index contributed by atoms with van der Waals surface area (Å²) in [6.45, 7) is 0. The zero-order chi connectivity index (χ0) is 16.3. The Labute approximate surface area is 127 Å². The highest BCUT2D eigenvalue weighted by Gasteiger charge is 2.18. The summed E-state index contributed by atoms with van der Waals surface area (Å²) in [6.07, 6.45) is 1.04. The third-order valence-corrected chi connectivity index (χ3v) is 4.11. The van der Waals surface area contributed by atoms with E-state index in [0.717, 1.165) is 6.26 Å². The molecule has 6 nitrogen and oxygen atoms in total. The van der Waals surface area contributed by atoms with E-state index in [9.17, 15) is 18.0 Å². The smallest absolute Gasteiger partial charge is 0.256 e. The van der Waals surface area contributed by atoms with Crippen LogP contribution in [0.2, 0.25) is 0 Å². The topological polar surface area (TPSA) is 106 Å². The van der Waals surface area contributed by atoms with Crippen molar-refractivity contribution in [1.82, 2.24) is 0 Å². The van der Waals surface area contributed by atoms with Gasteiger partial charge < -0.3 is 11.1 Å². The highest BCUT2D eigenvalue weighted by Crippen LogP contribution is 2.17. The van der Waals surface area contributed by atoms with Crippen molar-refractivity contribution in [2.24, 2.45) is 5.73 Å². The summed E-state index contributed by atoms with van der Waals surface area (Å²) in [6, 6.07) is 11.9. The Morgan fingerprint density at radius 2 is 1.59 bits per heavy atom. The first-order valence-corrected chi connectivity index (χ1v) is 8.18. The second kappa shape index (κ2) is 5.98. The minimum atomic E-state index is -3.51. The lowest BCUT2D eigenvalue weighted by Gasteiger charge is -2.09. The van der Waals surface area contributed by atoms with Gasteiger partial charge in [-0.05, 0) is 36.4 Å². The Morgan fingerprint density at radius 1 is 1.00 bits per heavy atom. The van der Waals surface area contributed by atoms with Crippen LogP contribution in [-0.4, -0.2) is 26.5 Å². The molecule has 0 fully saturated rings. The maximum Gasteiger partial charge on any atom is 0.256 e. The molecule has 3 N–H and O–H groups in total. The molecule has 0 heterocycles.